The number of aromatic carboxylic acids is 1. The molecule has 0 spiro atoms. The van der Waals surface area contributed by atoms with Crippen LogP contribution in [0, 0.1) is 5.82 Å². The van der Waals surface area contributed by atoms with Gasteiger partial charge in [0.25, 0.3) is 0 Å². The fourth-order valence-corrected chi connectivity index (χ4v) is 4.33. The Hall–Kier alpha value is -3.30. The van der Waals surface area contributed by atoms with Crippen LogP contribution in [0.4, 0.5) is 15.2 Å². The summed E-state index contributed by atoms with van der Waals surface area (Å²) in [6.07, 6.45) is 0. The first-order valence-corrected chi connectivity index (χ1v) is 10.4. The molecule has 0 amide bonds. The molecule has 1 aromatic heterocycles. The maximum atomic E-state index is 13.1. The van der Waals surface area contributed by atoms with Crippen LogP contribution in [0.2, 0.25) is 0 Å². The van der Waals surface area contributed by atoms with Crippen LogP contribution in [-0.4, -0.2) is 23.2 Å². The van der Waals surface area contributed by atoms with Gasteiger partial charge in [0.2, 0.25) is 0 Å². The van der Waals surface area contributed by atoms with Crippen molar-refractivity contribution in [2.75, 3.05) is 16.6 Å². The van der Waals surface area contributed by atoms with E-state index in [4.69, 9.17) is 9.84 Å². The van der Waals surface area contributed by atoms with Gasteiger partial charge in [0.1, 0.15) is 11.6 Å². The van der Waals surface area contributed by atoms with Crippen molar-refractivity contribution in [2.45, 2.75) is 0 Å². The SMILES string of the molecule is COc1cc(C(=O)O)ccc1NSNc1nc2ccc(-c3ccc(F)cc3)cc2s1. The highest BCUT2D eigenvalue weighted by molar-refractivity contribution is 8.02. The van der Waals surface area contributed by atoms with Gasteiger partial charge in [-0.3, -0.25) is 4.72 Å². The Labute approximate surface area is 180 Å². The molecule has 0 fully saturated rings. The lowest BCUT2D eigenvalue weighted by Gasteiger charge is -2.10. The number of carboxylic acids is 1. The van der Waals surface area contributed by atoms with Gasteiger partial charge in [0.05, 0.1) is 40.7 Å². The summed E-state index contributed by atoms with van der Waals surface area (Å²) in [7, 11) is 1.48. The maximum Gasteiger partial charge on any atom is 0.335 e. The molecule has 4 aromatic rings. The summed E-state index contributed by atoms with van der Waals surface area (Å²) in [4.78, 5) is 15.6. The lowest BCUT2D eigenvalue weighted by atomic mass is 10.1. The van der Waals surface area contributed by atoms with E-state index in [9.17, 15) is 9.18 Å². The molecular formula is C21H16FN3O3S2. The summed E-state index contributed by atoms with van der Waals surface area (Å²) >= 11 is 2.69. The maximum absolute atomic E-state index is 13.1. The average Bonchev–Trinajstić information content (AvgIpc) is 3.16. The Morgan fingerprint density at radius 3 is 2.57 bits per heavy atom. The molecule has 6 nitrogen and oxygen atoms in total. The Kier molecular flexibility index (Phi) is 5.73. The first-order chi connectivity index (χ1) is 14.5. The Bertz CT molecular complexity index is 1210. The summed E-state index contributed by atoms with van der Waals surface area (Å²) in [5.74, 6) is -0.847. The number of halogens is 1. The van der Waals surface area contributed by atoms with Gasteiger partial charge in [0.15, 0.2) is 5.13 Å². The van der Waals surface area contributed by atoms with Crippen molar-refractivity contribution in [3.05, 3.63) is 72.0 Å². The van der Waals surface area contributed by atoms with Gasteiger partial charge in [-0.05, 0) is 53.6 Å². The number of carbonyl (C=O) groups is 1. The minimum absolute atomic E-state index is 0.151. The zero-order valence-electron chi connectivity index (χ0n) is 15.7. The number of anilines is 2. The summed E-state index contributed by atoms with van der Waals surface area (Å²) in [5.41, 5.74) is 3.58. The monoisotopic (exact) mass is 441 g/mol. The number of aromatic nitrogens is 1. The van der Waals surface area contributed by atoms with Gasteiger partial charge in [-0.2, -0.15) is 0 Å². The van der Waals surface area contributed by atoms with E-state index in [1.54, 1.807) is 18.2 Å². The lowest BCUT2D eigenvalue weighted by molar-refractivity contribution is 0.0696. The van der Waals surface area contributed by atoms with E-state index in [-0.39, 0.29) is 11.4 Å². The molecule has 0 aliphatic rings. The highest BCUT2D eigenvalue weighted by Crippen LogP contribution is 2.33. The first kappa shape index (κ1) is 20.0. The van der Waals surface area contributed by atoms with Crippen molar-refractivity contribution in [2.24, 2.45) is 0 Å². The van der Waals surface area contributed by atoms with Crippen LogP contribution in [0.5, 0.6) is 5.75 Å². The Balaban J connectivity index is 1.46. The molecule has 1 heterocycles. The van der Waals surface area contributed by atoms with E-state index in [1.807, 2.05) is 18.2 Å². The van der Waals surface area contributed by atoms with Gasteiger partial charge in [-0.1, -0.05) is 29.5 Å². The van der Waals surface area contributed by atoms with E-state index >= 15 is 0 Å². The number of methoxy groups -OCH3 is 1. The Morgan fingerprint density at radius 2 is 1.83 bits per heavy atom. The molecule has 0 aliphatic carbocycles. The third kappa shape index (κ3) is 4.32. The lowest BCUT2D eigenvalue weighted by Crippen LogP contribution is -2.00. The fraction of sp³-hybridized carbons (Fsp3) is 0.0476. The van der Waals surface area contributed by atoms with Crippen molar-refractivity contribution < 1.29 is 19.0 Å². The predicted molar refractivity (Wildman–Crippen MR) is 120 cm³/mol. The third-order valence-electron chi connectivity index (χ3n) is 4.31. The van der Waals surface area contributed by atoms with Crippen LogP contribution in [0.25, 0.3) is 21.3 Å². The zero-order chi connectivity index (χ0) is 21.1. The number of rotatable bonds is 7. The van der Waals surface area contributed by atoms with Crippen LogP contribution >= 0.6 is 23.5 Å². The molecule has 4 rings (SSSR count). The summed E-state index contributed by atoms with van der Waals surface area (Å²) in [6, 6.07) is 16.9. The summed E-state index contributed by atoms with van der Waals surface area (Å²) < 4.78 is 25.6. The quantitative estimate of drug-likeness (QED) is 0.308. The molecule has 152 valence electrons. The first-order valence-electron chi connectivity index (χ1n) is 8.79. The number of carboxylic acid groups (broad SMARTS) is 1. The number of hydrogen-bond donors (Lipinski definition) is 3. The van der Waals surface area contributed by atoms with Crippen molar-refractivity contribution >= 4 is 50.5 Å². The van der Waals surface area contributed by atoms with Gasteiger partial charge >= 0.3 is 5.97 Å². The molecular weight excluding hydrogens is 425 g/mol. The predicted octanol–water partition coefficient (Wildman–Crippen LogP) is 5.90. The second-order valence-corrected chi connectivity index (χ2v) is 7.88. The number of benzene rings is 3. The van der Waals surface area contributed by atoms with Crippen molar-refractivity contribution in [1.82, 2.24) is 4.98 Å². The molecule has 3 N–H and O–H groups in total. The molecule has 0 saturated heterocycles. The van der Waals surface area contributed by atoms with Crippen LogP contribution < -0.4 is 14.2 Å². The molecule has 3 aromatic carbocycles. The second-order valence-electron chi connectivity index (χ2n) is 6.23. The minimum Gasteiger partial charge on any atom is -0.495 e. The van der Waals surface area contributed by atoms with Gasteiger partial charge in [0, 0.05) is 0 Å². The van der Waals surface area contributed by atoms with E-state index in [0.29, 0.717) is 16.6 Å². The average molecular weight is 442 g/mol. The molecule has 0 aliphatic heterocycles. The van der Waals surface area contributed by atoms with E-state index in [1.165, 1.54) is 54.8 Å². The number of thiazole rings is 1. The molecule has 0 bridgehead atoms. The van der Waals surface area contributed by atoms with Crippen LogP contribution in [0.3, 0.4) is 0 Å². The van der Waals surface area contributed by atoms with Crippen molar-refractivity contribution in [1.29, 1.82) is 0 Å². The van der Waals surface area contributed by atoms with Crippen LogP contribution in [0.1, 0.15) is 10.4 Å². The number of nitrogens with zero attached hydrogens (tertiary/aromatic N) is 1. The van der Waals surface area contributed by atoms with Gasteiger partial charge in [-0.25, -0.2) is 14.2 Å². The molecule has 9 heteroatoms. The van der Waals surface area contributed by atoms with Crippen LogP contribution in [-0.2, 0) is 0 Å². The minimum atomic E-state index is -1.01. The second kappa shape index (κ2) is 8.60. The van der Waals surface area contributed by atoms with Crippen molar-refractivity contribution in [3.63, 3.8) is 0 Å². The number of ether oxygens (including phenoxy) is 1. The van der Waals surface area contributed by atoms with Gasteiger partial charge < -0.3 is 14.6 Å². The molecule has 0 saturated carbocycles. The van der Waals surface area contributed by atoms with Crippen LogP contribution in [0.15, 0.2) is 60.7 Å². The standard InChI is InChI=1S/C21H16FN3O3S2/c1-28-18-10-14(20(26)27)5-8-16(18)24-30-25-21-23-17-9-4-13(11-19(17)29-21)12-2-6-15(22)7-3-12/h2-11,24H,1H3,(H,23,25)(H,26,27). The largest absolute Gasteiger partial charge is 0.495 e. The topological polar surface area (TPSA) is 83.5 Å². The zero-order valence-corrected chi connectivity index (χ0v) is 17.3. The smallest absolute Gasteiger partial charge is 0.335 e. The van der Waals surface area contributed by atoms with Crippen molar-refractivity contribution in [3.8, 4) is 16.9 Å². The molecule has 0 unspecified atom stereocenters. The molecule has 0 atom stereocenters. The number of hydrogen-bond acceptors (Lipinski definition) is 7. The number of nitrogens with one attached hydrogen (secondary N) is 2. The molecule has 30 heavy (non-hydrogen) atoms. The third-order valence-corrected chi connectivity index (χ3v) is 5.99. The summed E-state index contributed by atoms with van der Waals surface area (Å²) in [6.45, 7) is 0. The highest BCUT2D eigenvalue weighted by atomic mass is 32.2. The fourth-order valence-electron chi connectivity index (χ4n) is 2.82. The molecule has 0 radical (unpaired) electrons. The Morgan fingerprint density at radius 1 is 1.07 bits per heavy atom. The highest BCUT2D eigenvalue weighted by Gasteiger charge is 2.10. The number of fused-ring (bicyclic) bond motifs is 1. The summed E-state index contributed by atoms with van der Waals surface area (Å²) in [5, 5.41) is 9.79. The van der Waals surface area contributed by atoms with E-state index < -0.39 is 5.97 Å². The van der Waals surface area contributed by atoms with E-state index in [2.05, 4.69) is 14.4 Å². The van der Waals surface area contributed by atoms with E-state index in [0.717, 1.165) is 21.3 Å². The van der Waals surface area contributed by atoms with Gasteiger partial charge in [-0.15, -0.1) is 0 Å². The normalized spacial score (nSPS) is 10.7.